The number of piperazine rings is 1. The molecular formula is C19H23FN2O3S. The normalized spacial score (nSPS) is 15.9. The second-order valence-electron chi connectivity index (χ2n) is 6.41. The number of aryl methyl sites for hydroxylation is 1. The average Bonchev–Trinajstić information content (AvgIpc) is 2.64. The van der Waals surface area contributed by atoms with Crippen LogP contribution in [0.5, 0.6) is 5.75 Å². The van der Waals surface area contributed by atoms with Crippen molar-refractivity contribution in [3.8, 4) is 5.75 Å². The number of anilines is 1. The lowest BCUT2D eigenvalue weighted by Gasteiger charge is -2.36. The van der Waals surface area contributed by atoms with Crippen LogP contribution in [0.25, 0.3) is 0 Å². The van der Waals surface area contributed by atoms with Gasteiger partial charge in [-0.3, -0.25) is 0 Å². The lowest BCUT2D eigenvalue weighted by molar-refractivity contribution is 0.378. The Bertz CT molecular complexity index is 907. The van der Waals surface area contributed by atoms with Gasteiger partial charge in [0.1, 0.15) is 0 Å². The molecule has 2 aromatic carbocycles. The molecule has 2 aromatic rings. The summed E-state index contributed by atoms with van der Waals surface area (Å²) in [6.07, 6.45) is 0. The molecule has 0 atom stereocenters. The van der Waals surface area contributed by atoms with Crippen molar-refractivity contribution in [1.82, 2.24) is 4.31 Å². The van der Waals surface area contributed by atoms with Gasteiger partial charge >= 0.3 is 0 Å². The third-order valence-electron chi connectivity index (χ3n) is 4.92. The molecule has 0 radical (unpaired) electrons. The molecule has 0 unspecified atom stereocenters. The van der Waals surface area contributed by atoms with Crippen molar-refractivity contribution in [3.63, 3.8) is 0 Å². The number of hydrogen-bond acceptors (Lipinski definition) is 4. The molecule has 0 saturated carbocycles. The number of nitrogens with zero attached hydrogens (tertiary/aromatic N) is 2. The number of methoxy groups -OCH3 is 1. The first kappa shape index (κ1) is 18.7. The smallest absolute Gasteiger partial charge is 0.243 e. The third-order valence-corrected chi connectivity index (χ3v) is 6.81. The van der Waals surface area contributed by atoms with Crippen LogP contribution in [-0.4, -0.2) is 46.0 Å². The molecular weight excluding hydrogens is 355 g/mol. The van der Waals surface area contributed by atoms with E-state index >= 15 is 0 Å². The molecule has 0 N–H and O–H groups in total. The number of ether oxygens (including phenoxy) is 1. The van der Waals surface area contributed by atoms with E-state index in [0.717, 1.165) is 11.8 Å². The number of halogens is 1. The van der Waals surface area contributed by atoms with Crippen LogP contribution in [-0.2, 0) is 10.0 Å². The zero-order valence-corrected chi connectivity index (χ0v) is 16.0. The van der Waals surface area contributed by atoms with E-state index < -0.39 is 15.8 Å². The van der Waals surface area contributed by atoms with E-state index in [0.29, 0.717) is 26.2 Å². The predicted molar refractivity (Wildman–Crippen MR) is 99.8 cm³/mol. The van der Waals surface area contributed by atoms with E-state index in [1.165, 1.54) is 34.7 Å². The number of sulfonamides is 1. The van der Waals surface area contributed by atoms with Gasteiger partial charge in [-0.2, -0.15) is 4.31 Å². The summed E-state index contributed by atoms with van der Waals surface area (Å²) in [6.45, 7) is 6.15. The van der Waals surface area contributed by atoms with E-state index in [9.17, 15) is 12.8 Å². The molecule has 0 amide bonds. The van der Waals surface area contributed by atoms with Crippen molar-refractivity contribution in [3.05, 3.63) is 53.3 Å². The van der Waals surface area contributed by atoms with Crippen molar-refractivity contribution in [1.29, 1.82) is 0 Å². The van der Waals surface area contributed by atoms with Crippen LogP contribution >= 0.6 is 0 Å². The first-order chi connectivity index (χ1) is 12.3. The van der Waals surface area contributed by atoms with Gasteiger partial charge in [-0.25, -0.2) is 12.8 Å². The molecule has 1 fully saturated rings. The predicted octanol–water partition coefficient (Wildman–Crippen LogP) is 2.96. The summed E-state index contributed by atoms with van der Waals surface area (Å²) in [7, 11) is -2.36. The van der Waals surface area contributed by atoms with E-state index in [2.05, 4.69) is 30.9 Å². The first-order valence-corrected chi connectivity index (χ1v) is 9.93. The Morgan fingerprint density at radius 3 is 2.38 bits per heavy atom. The van der Waals surface area contributed by atoms with Gasteiger partial charge in [0.15, 0.2) is 11.6 Å². The van der Waals surface area contributed by atoms with Crippen molar-refractivity contribution in [2.75, 3.05) is 38.2 Å². The summed E-state index contributed by atoms with van der Waals surface area (Å²) in [4.78, 5) is 2.26. The standard InChI is InChI=1S/C19H23FN2O3S/c1-14-5-4-6-18(15(14)2)21-9-11-22(12-10-21)26(23,24)16-7-8-17(20)19(13-16)25-3/h4-8,13H,9-12H2,1-3H3. The minimum absolute atomic E-state index is 0.0518. The van der Waals surface area contributed by atoms with E-state index in [4.69, 9.17) is 4.74 Å². The van der Waals surface area contributed by atoms with Crippen molar-refractivity contribution in [2.45, 2.75) is 18.7 Å². The maximum atomic E-state index is 13.6. The minimum atomic E-state index is -3.68. The number of rotatable bonds is 4. The van der Waals surface area contributed by atoms with Gasteiger partial charge in [-0.15, -0.1) is 0 Å². The van der Waals surface area contributed by atoms with Crippen LogP contribution in [0.3, 0.4) is 0 Å². The molecule has 0 aromatic heterocycles. The highest BCUT2D eigenvalue weighted by Crippen LogP contribution is 2.27. The van der Waals surface area contributed by atoms with Gasteiger partial charge in [0.2, 0.25) is 10.0 Å². The Morgan fingerprint density at radius 1 is 1.04 bits per heavy atom. The van der Waals surface area contributed by atoms with Crippen molar-refractivity contribution in [2.24, 2.45) is 0 Å². The number of benzene rings is 2. The Kier molecular flexibility index (Phi) is 5.20. The lowest BCUT2D eigenvalue weighted by atomic mass is 10.1. The summed E-state index contributed by atoms with van der Waals surface area (Å²) in [5.74, 6) is -0.647. The molecule has 3 rings (SSSR count). The highest BCUT2D eigenvalue weighted by molar-refractivity contribution is 7.89. The van der Waals surface area contributed by atoms with Gasteiger partial charge in [-0.1, -0.05) is 12.1 Å². The Balaban J connectivity index is 1.78. The fraction of sp³-hybridized carbons (Fsp3) is 0.368. The van der Waals surface area contributed by atoms with Gasteiger partial charge in [0.25, 0.3) is 0 Å². The minimum Gasteiger partial charge on any atom is -0.494 e. The molecule has 140 valence electrons. The molecule has 1 saturated heterocycles. The van der Waals surface area contributed by atoms with Crippen LogP contribution in [0.4, 0.5) is 10.1 Å². The fourth-order valence-electron chi connectivity index (χ4n) is 3.20. The summed E-state index contributed by atoms with van der Waals surface area (Å²) in [6, 6.07) is 9.80. The third kappa shape index (κ3) is 3.41. The van der Waals surface area contributed by atoms with Crippen LogP contribution in [0.2, 0.25) is 0 Å². The van der Waals surface area contributed by atoms with E-state index in [1.54, 1.807) is 0 Å². The summed E-state index contributed by atoms with van der Waals surface area (Å²) < 4.78 is 45.6. The van der Waals surface area contributed by atoms with Gasteiger partial charge in [-0.05, 0) is 43.2 Å². The van der Waals surface area contributed by atoms with E-state index in [-0.39, 0.29) is 10.6 Å². The quantitative estimate of drug-likeness (QED) is 0.821. The second kappa shape index (κ2) is 7.25. The molecule has 0 spiro atoms. The molecule has 1 aliphatic rings. The van der Waals surface area contributed by atoms with Crippen LogP contribution in [0.1, 0.15) is 11.1 Å². The molecule has 0 bridgehead atoms. The zero-order chi connectivity index (χ0) is 18.9. The fourth-order valence-corrected chi connectivity index (χ4v) is 4.64. The Labute approximate surface area is 154 Å². The first-order valence-electron chi connectivity index (χ1n) is 8.49. The summed E-state index contributed by atoms with van der Waals surface area (Å²) >= 11 is 0. The monoisotopic (exact) mass is 378 g/mol. The maximum Gasteiger partial charge on any atom is 0.243 e. The number of hydrogen-bond donors (Lipinski definition) is 0. The highest BCUT2D eigenvalue weighted by atomic mass is 32.2. The molecule has 7 heteroatoms. The molecule has 26 heavy (non-hydrogen) atoms. The van der Waals surface area contributed by atoms with Crippen molar-refractivity contribution < 1.29 is 17.5 Å². The van der Waals surface area contributed by atoms with Gasteiger partial charge < -0.3 is 9.64 Å². The maximum absolute atomic E-state index is 13.6. The molecule has 1 heterocycles. The molecule has 0 aliphatic carbocycles. The summed E-state index contributed by atoms with van der Waals surface area (Å²) in [5, 5.41) is 0. The Hall–Kier alpha value is -2.12. The Morgan fingerprint density at radius 2 is 1.73 bits per heavy atom. The van der Waals surface area contributed by atoms with Crippen LogP contribution in [0, 0.1) is 19.7 Å². The highest BCUT2D eigenvalue weighted by Gasteiger charge is 2.29. The van der Waals surface area contributed by atoms with E-state index in [1.807, 2.05) is 6.07 Å². The zero-order valence-electron chi connectivity index (χ0n) is 15.2. The van der Waals surface area contributed by atoms with Gasteiger partial charge in [0.05, 0.1) is 12.0 Å². The summed E-state index contributed by atoms with van der Waals surface area (Å²) in [5.41, 5.74) is 3.58. The van der Waals surface area contributed by atoms with Crippen molar-refractivity contribution >= 4 is 15.7 Å². The molecule has 1 aliphatic heterocycles. The topological polar surface area (TPSA) is 49.9 Å². The molecule has 5 nitrogen and oxygen atoms in total. The second-order valence-corrected chi connectivity index (χ2v) is 8.34. The average molecular weight is 378 g/mol. The SMILES string of the molecule is COc1cc(S(=O)(=O)N2CCN(c3cccc(C)c3C)CC2)ccc1F. The van der Waals surface area contributed by atoms with Crippen LogP contribution in [0.15, 0.2) is 41.3 Å². The van der Waals surface area contributed by atoms with Crippen LogP contribution < -0.4 is 9.64 Å². The largest absolute Gasteiger partial charge is 0.494 e. The van der Waals surface area contributed by atoms with Gasteiger partial charge in [0, 0.05) is 37.9 Å². The lowest BCUT2D eigenvalue weighted by Crippen LogP contribution is -2.48.